The molecule has 0 saturated carbocycles. The lowest BCUT2D eigenvalue weighted by molar-refractivity contribution is -0.117. The van der Waals surface area contributed by atoms with Crippen molar-refractivity contribution in [2.75, 3.05) is 46.7 Å². The Kier molecular flexibility index (Phi) is 15.1. The third kappa shape index (κ3) is 8.66. The Labute approximate surface area is 431 Å². The molecule has 0 bridgehead atoms. The molecule has 2 aliphatic heterocycles. The van der Waals surface area contributed by atoms with Crippen molar-refractivity contribution >= 4 is 6.96 Å². The van der Waals surface area contributed by atoms with E-state index in [4.69, 9.17) is 18.6 Å². The van der Waals surface area contributed by atoms with Crippen molar-refractivity contribution in [3.8, 4) is 104 Å². The predicted octanol–water partition coefficient (Wildman–Crippen LogP) is 9.83. The maximum atomic E-state index is 10.0. The van der Waals surface area contributed by atoms with E-state index in [1.807, 2.05) is 77.9 Å². The lowest BCUT2D eigenvalue weighted by Crippen LogP contribution is -2.64. The van der Waals surface area contributed by atoms with Crippen LogP contribution in [0.5, 0.6) is 0 Å². The normalized spacial score (nSPS) is 15.7. The van der Waals surface area contributed by atoms with E-state index in [1.54, 1.807) is 0 Å². The Balaban J connectivity index is 0.000000230. The molecular weight excluding hydrogens is 902 g/mol. The standard InChI is InChI=1S/C42H32BO4.C21H18O2.CH5N.CH4/c1-5-9-29-13-17-37-33(21-29)34-22-30(10-6-2)14-18-38(34)41(37)25-44-43(45-26-41)46-27-42(28-47-43)39-19-15-31(11-7-3)23-35(39)36-24-32(12-8-4)16-20-40(36)42;1-3-5-15-7-9-19-17(11-15)18-12-16(6-4-2)8-10-20(18)21(19,13-22)14-23;1-2;/h13-24H,25-28H2,1-4H3;7-12,22-23H,13-14H2,1-2H3;2H2,1H3;1H4/q-1;;;. The molecule has 364 valence electrons. The van der Waals surface area contributed by atoms with E-state index in [-0.39, 0.29) is 20.6 Å². The average Bonchev–Trinajstić information content (AvgIpc) is 3.95. The van der Waals surface area contributed by atoms with E-state index in [0.29, 0.717) is 26.4 Å². The van der Waals surface area contributed by atoms with Crippen LogP contribution in [0.15, 0.2) is 109 Å². The molecule has 5 aliphatic rings. The first kappa shape index (κ1) is 51.8. The second kappa shape index (κ2) is 21.3. The van der Waals surface area contributed by atoms with Crippen LogP contribution in [-0.2, 0) is 34.9 Å². The van der Waals surface area contributed by atoms with Crippen LogP contribution in [0.2, 0.25) is 0 Å². The van der Waals surface area contributed by atoms with E-state index in [0.717, 1.165) is 100 Å². The highest BCUT2D eigenvalue weighted by atomic mass is 16.9. The van der Waals surface area contributed by atoms with Crippen LogP contribution in [-0.4, -0.2) is 63.9 Å². The zero-order valence-electron chi connectivity index (χ0n) is 41.8. The molecule has 6 aromatic carbocycles. The molecule has 0 atom stereocenters. The first-order valence-corrected chi connectivity index (χ1v) is 24.1. The number of aliphatic hydroxyl groups excluding tert-OH is 2. The van der Waals surface area contributed by atoms with Gasteiger partial charge >= 0.3 is 6.96 Å². The smallest absolute Gasteiger partial charge is 0.517 e. The molecule has 73 heavy (non-hydrogen) atoms. The van der Waals surface area contributed by atoms with Crippen molar-refractivity contribution in [3.05, 3.63) is 176 Å². The topological polar surface area (TPSA) is 103 Å². The molecule has 0 aromatic heterocycles. The fourth-order valence-electron chi connectivity index (χ4n) is 11.2. The Morgan fingerprint density at radius 3 is 0.795 bits per heavy atom. The van der Waals surface area contributed by atoms with Gasteiger partial charge in [0.15, 0.2) is 0 Å². The van der Waals surface area contributed by atoms with Crippen molar-refractivity contribution in [2.24, 2.45) is 5.73 Å². The first-order valence-electron chi connectivity index (χ1n) is 24.1. The summed E-state index contributed by atoms with van der Waals surface area (Å²) in [6.07, 6.45) is 0. The average molecular weight is 961 g/mol. The number of benzene rings is 6. The molecule has 0 radical (unpaired) electrons. The Bertz CT molecular complexity index is 3170. The highest BCUT2D eigenvalue weighted by molar-refractivity contribution is 6.54. The molecule has 2 heterocycles. The monoisotopic (exact) mass is 960 g/mol. The lowest BCUT2D eigenvalue weighted by atomic mass is 9.74. The summed E-state index contributed by atoms with van der Waals surface area (Å²) < 4.78 is 26.4. The van der Waals surface area contributed by atoms with Crippen LogP contribution in [0.1, 0.15) is 116 Å². The highest BCUT2D eigenvalue weighted by Crippen LogP contribution is 2.55. The Morgan fingerprint density at radius 1 is 0.384 bits per heavy atom. The molecule has 0 amide bonds. The molecule has 8 heteroatoms. The third-order valence-electron chi connectivity index (χ3n) is 14.4. The molecule has 2 fully saturated rings. The van der Waals surface area contributed by atoms with E-state index in [1.165, 1.54) is 7.05 Å². The van der Waals surface area contributed by atoms with Gasteiger partial charge in [0.2, 0.25) is 0 Å². The van der Waals surface area contributed by atoms with Gasteiger partial charge in [-0.3, -0.25) is 0 Å². The van der Waals surface area contributed by atoms with Gasteiger partial charge in [-0.25, -0.2) is 0 Å². The van der Waals surface area contributed by atoms with Gasteiger partial charge in [0.25, 0.3) is 0 Å². The number of rotatable bonds is 2. The fourth-order valence-corrected chi connectivity index (χ4v) is 11.2. The highest BCUT2D eigenvalue weighted by Gasteiger charge is 2.55. The summed E-state index contributed by atoms with van der Waals surface area (Å²) in [5, 5.41) is 20.1. The van der Waals surface area contributed by atoms with E-state index in [2.05, 4.69) is 150 Å². The lowest BCUT2D eigenvalue weighted by Gasteiger charge is -2.55. The molecule has 6 aromatic rings. The molecule has 3 aliphatic carbocycles. The molecule has 2 saturated heterocycles. The van der Waals surface area contributed by atoms with Gasteiger partial charge in [-0.1, -0.05) is 79.3 Å². The Hall–Kier alpha value is -7.54. The van der Waals surface area contributed by atoms with Crippen molar-refractivity contribution in [1.82, 2.24) is 0 Å². The largest absolute Gasteiger partial charge is 0.531 e. The SMILES string of the molecule is C.CC#Cc1ccc2c(c1)-c1cc(C#CC)ccc1C2(CO)CO.CC#Cc1ccc2c(c1)-c1cc(C#CC)ccc1C21CO[B-]2(OC1)OCC1(CO2)c2ccc(C#CC)cc2-c2cc(C#CC)ccc21.CN. The number of fused-ring (bicyclic) bond motifs is 13. The minimum atomic E-state index is -2.42. The van der Waals surface area contributed by atoms with E-state index >= 15 is 0 Å². The fraction of sp³-hybridized carbons (Fsp3) is 0.262. The minimum Gasteiger partial charge on any atom is -0.517 e. The summed E-state index contributed by atoms with van der Waals surface area (Å²) in [6.45, 7) is 9.81. The minimum absolute atomic E-state index is 0. The van der Waals surface area contributed by atoms with Crippen LogP contribution in [0, 0.1) is 71.0 Å². The van der Waals surface area contributed by atoms with Gasteiger partial charge in [0, 0.05) is 59.8 Å². The zero-order valence-corrected chi connectivity index (χ0v) is 41.8. The Morgan fingerprint density at radius 2 is 0.589 bits per heavy atom. The van der Waals surface area contributed by atoms with Crippen LogP contribution in [0.4, 0.5) is 0 Å². The van der Waals surface area contributed by atoms with Gasteiger partial charge in [-0.2, -0.15) is 0 Å². The summed E-state index contributed by atoms with van der Waals surface area (Å²) in [5.74, 6) is 36.9. The summed E-state index contributed by atoms with van der Waals surface area (Å²) in [5.41, 5.74) is 21.6. The predicted molar refractivity (Wildman–Crippen MR) is 294 cm³/mol. The first-order chi connectivity index (χ1) is 35.2. The van der Waals surface area contributed by atoms with E-state index < -0.39 is 23.2 Å². The molecule has 11 rings (SSSR count). The zero-order chi connectivity index (χ0) is 50.7. The van der Waals surface area contributed by atoms with Gasteiger partial charge in [0.1, 0.15) is 0 Å². The van der Waals surface area contributed by atoms with Crippen LogP contribution in [0.3, 0.4) is 0 Å². The quantitative estimate of drug-likeness (QED) is 0.117. The molecule has 3 spiro atoms. The number of nitrogens with two attached hydrogens (primary N) is 1. The van der Waals surface area contributed by atoms with Gasteiger partial charge < -0.3 is 34.6 Å². The molecule has 7 nitrogen and oxygen atoms in total. The maximum absolute atomic E-state index is 10.0. The number of aliphatic hydroxyl groups is 2. The summed E-state index contributed by atoms with van der Waals surface area (Å²) >= 11 is 0. The number of hydrogen-bond donors (Lipinski definition) is 3. The maximum Gasteiger partial charge on any atom is 0.531 e. The third-order valence-corrected chi connectivity index (χ3v) is 14.4. The second-order valence-corrected chi connectivity index (χ2v) is 18.2. The van der Waals surface area contributed by atoms with Crippen molar-refractivity contribution < 1.29 is 28.8 Å². The number of hydrogen-bond acceptors (Lipinski definition) is 7. The summed E-state index contributed by atoms with van der Waals surface area (Å²) in [7, 11) is 1.50. The van der Waals surface area contributed by atoms with Crippen LogP contribution < -0.4 is 5.73 Å². The van der Waals surface area contributed by atoms with Gasteiger partial charge in [0.05, 0.1) is 29.5 Å². The van der Waals surface area contributed by atoms with Crippen LogP contribution >= 0.6 is 0 Å². The van der Waals surface area contributed by atoms with Gasteiger partial charge in [-0.15, -0.1) is 35.5 Å². The molecule has 4 N–H and O–H groups in total. The molecular formula is C65H59BNO6-. The van der Waals surface area contributed by atoms with E-state index in [9.17, 15) is 10.2 Å². The van der Waals surface area contributed by atoms with Crippen molar-refractivity contribution in [3.63, 3.8) is 0 Å². The van der Waals surface area contributed by atoms with Crippen LogP contribution in [0.25, 0.3) is 33.4 Å². The summed E-state index contributed by atoms with van der Waals surface area (Å²) in [4.78, 5) is 0. The summed E-state index contributed by atoms with van der Waals surface area (Å²) in [6, 6.07) is 37.5. The second-order valence-electron chi connectivity index (χ2n) is 18.2. The molecule has 0 unspecified atom stereocenters. The van der Waals surface area contributed by atoms with Gasteiger partial charge in [-0.05, 0) is 188 Å². The van der Waals surface area contributed by atoms with Crippen molar-refractivity contribution in [2.45, 2.75) is 65.2 Å². The van der Waals surface area contributed by atoms with Crippen molar-refractivity contribution in [1.29, 1.82) is 0 Å².